The van der Waals surface area contributed by atoms with Gasteiger partial charge in [0.1, 0.15) is 12.4 Å². The van der Waals surface area contributed by atoms with Gasteiger partial charge < -0.3 is 9.30 Å². The van der Waals surface area contributed by atoms with Gasteiger partial charge in [-0.2, -0.15) is 0 Å². The van der Waals surface area contributed by atoms with E-state index >= 15 is 0 Å². The number of rotatable bonds is 5. The van der Waals surface area contributed by atoms with Gasteiger partial charge in [-0.15, -0.1) is 0 Å². The normalized spacial score (nSPS) is 15.6. The maximum atomic E-state index is 14.0. The average molecular weight is 378 g/mol. The van der Waals surface area contributed by atoms with E-state index in [0.29, 0.717) is 13.0 Å². The second-order valence-corrected chi connectivity index (χ2v) is 7.10. The van der Waals surface area contributed by atoms with E-state index in [-0.39, 0.29) is 24.4 Å². The number of nitrogens with zero attached hydrogens (tertiary/aromatic N) is 2. The number of hydrogen-bond acceptors (Lipinski definition) is 3. The van der Waals surface area contributed by atoms with Gasteiger partial charge in [-0.05, 0) is 61.7 Å². The Hall–Kier alpha value is -2.95. The minimum absolute atomic E-state index is 0.0958. The summed E-state index contributed by atoms with van der Waals surface area (Å²) in [4.78, 5) is 17.0. The highest BCUT2D eigenvalue weighted by atomic mass is 19.1. The molecular formula is C23H23FN2O2. The number of fused-ring (bicyclic) bond motifs is 2. The molecule has 0 bridgehead atoms. The number of halogens is 1. The molecule has 1 aliphatic rings. The predicted octanol–water partition coefficient (Wildman–Crippen LogP) is 3.07. The molecule has 5 heteroatoms. The van der Waals surface area contributed by atoms with Gasteiger partial charge in [0.05, 0.1) is 18.0 Å². The molecule has 0 saturated carbocycles. The zero-order chi connectivity index (χ0) is 19.7. The Balaban J connectivity index is 1.74. The number of hydrogen-bond donors (Lipinski definition) is 0. The van der Waals surface area contributed by atoms with E-state index in [1.54, 1.807) is 19.1 Å². The van der Waals surface area contributed by atoms with Crippen LogP contribution in [0.1, 0.15) is 24.6 Å². The monoisotopic (exact) mass is 378 g/mol. The molecule has 1 atom stereocenters. The Morgan fingerprint density at radius 2 is 2.11 bits per heavy atom. The molecule has 2 aromatic carbocycles. The summed E-state index contributed by atoms with van der Waals surface area (Å²) < 4.78 is 21.0. The summed E-state index contributed by atoms with van der Waals surface area (Å²) in [5.74, 6) is -0.567. The van der Waals surface area contributed by atoms with E-state index in [9.17, 15) is 9.18 Å². The van der Waals surface area contributed by atoms with Gasteiger partial charge in [0.25, 0.3) is 0 Å². The summed E-state index contributed by atoms with van der Waals surface area (Å²) in [7, 11) is 0. The maximum absolute atomic E-state index is 14.0. The Morgan fingerprint density at radius 1 is 1.29 bits per heavy atom. The van der Waals surface area contributed by atoms with Crippen molar-refractivity contribution in [1.29, 1.82) is 0 Å². The van der Waals surface area contributed by atoms with Crippen LogP contribution in [0.2, 0.25) is 0 Å². The molecule has 1 aromatic heterocycles. The summed E-state index contributed by atoms with van der Waals surface area (Å²) >= 11 is 0. The Morgan fingerprint density at radius 3 is 2.93 bits per heavy atom. The van der Waals surface area contributed by atoms with Crippen molar-refractivity contribution in [3.05, 3.63) is 70.1 Å². The van der Waals surface area contributed by atoms with Crippen LogP contribution in [0.5, 0.6) is 0 Å². The fraction of sp³-hybridized carbons (Fsp3) is 0.304. The zero-order valence-electron chi connectivity index (χ0n) is 16.1. The number of carbonyl (C=O) groups excluding carboxylic acids is 1. The van der Waals surface area contributed by atoms with E-state index in [1.165, 1.54) is 6.07 Å². The lowest BCUT2D eigenvalue weighted by Crippen LogP contribution is -2.31. The number of ether oxygens (including phenoxy) is 1. The molecule has 0 radical (unpaired) electrons. The van der Waals surface area contributed by atoms with E-state index < -0.39 is 0 Å². The number of carbonyl (C=O) groups is 1. The van der Waals surface area contributed by atoms with Crippen molar-refractivity contribution in [2.45, 2.75) is 39.3 Å². The maximum Gasteiger partial charge on any atom is 0.325 e. The van der Waals surface area contributed by atoms with Crippen LogP contribution in [0.25, 0.3) is 17.0 Å². The molecule has 144 valence electrons. The van der Waals surface area contributed by atoms with Crippen molar-refractivity contribution in [2.75, 3.05) is 6.61 Å². The topological polar surface area (TPSA) is 43.6 Å². The molecule has 4 rings (SSSR count). The van der Waals surface area contributed by atoms with Crippen molar-refractivity contribution in [3.63, 3.8) is 0 Å². The number of aromatic nitrogens is 1. The summed E-state index contributed by atoms with van der Waals surface area (Å²) in [5.41, 5.74) is 2.85. The Kier molecular flexibility index (Phi) is 4.99. The molecule has 0 fully saturated rings. The van der Waals surface area contributed by atoms with Crippen LogP contribution >= 0.6 is 0 Å². The number of para-hydroxylation sites is 1. The van der Waals surface area contributed by atoms with Crippen molar-refractivity contribution in [3.8, 4) is 0 Å². The lowest BCUT2D eigenvalue weighted by molar-refractivity contribution is -0.143. The molecule has 28 heavy (non-hydrogen) atoms. The zero-order valence-corrected chi connectivity index (χ0v) is 16.1. The van der Waals surface area contributed by atoms with Crippen LogP contribution in [0.3, 0.4) is 0 Å². The van der Waals surface area contributed by atoms with E-state index in [1.807, 2.05) is 29.7 Å². The molecule has 1 unspecified atom stereocenters. The molecule has 0 spiro atoms. The van der Waals surface area contributed by atoms with Crippen LogP contribution in [0.15, 0.2) is 47.5 Å². The average Bonchev–Trinajstić information content (AvgIpc) is 2.93. The molecule has 2 heterocycles. The molecule has 0 amide bonds. The standard InChI is InChI=1S/C23H23FN2O2/c1-3-28-23(27)14-26-15(2)19(20-12-17(24)9-11-22(20)26)13-18-10-8-16-6-4-5-7-21(16)25-18/h4-9,11-12,18H,3,10,13-14H2,1-2H3. The summed E-state index contributed by atoms with van der Waals surface area (Å²) in [6.45, 7) is 4.23. The first kappa shape index (κ1) is 18.4. The molecule has 4 nitrogen and oxygen atoms in total. The quantitative estimate of drug-likeness (QED) is 0.641. The smallest absolute Gasteiger partial charge is 0.325 e. The van der Waals surface area contributed by atoms with Crippen molar-refractivity contribution >= 4 is 22.9 Å². The van der Waals surface area contributed by atoms with Crippen molar-refractivity contribution in [1.82, 2.24) is 4.57 Å². The van der Waals surface area contributed by atoms with Gasteiger partial charge in [-0.3, -0.25) is 9.79 Å². The molecule has 3 aromatic rings. The van der Waals surface area contributed by atoms with Gasteiger partial charge in [-0.1, -0.05) is 24.3 Å². The highest BCUT2D eigenvalue weighted by Crippen LogP contribution is 2.29. The van der Waals surface area contributed by atoms with Gasteiger partial charge in [0.2, 0.25) is 0 Å². The van der Waals surface area contributed by atoms with Gasteiger partial charge in [0.15, 0.2) is 0 Å². The van der Waals surface area contributed by atoms with E-state index in [2.05, 4.69) is 12.1 Å². The summed E-state index contributed by atoms with van der Waals surface area (Å²) in [6, 6.07) is 12.9. The molecule has 1 aliphatic heterocycles. The molecule has 0 N–H and O–H groups in total. The predicted molar refractivity (Wildman–Crippen MR) is 107 cm³/mol. The Labute approximate surface area is 163 Å². The second-order valence-electron chi connectivity index (χ2n) is 7.10. The fourth-order valence-electron chi connectivity index (χ4n) is 3.98. The first-order chi connectivity index (χ1) is 13.6. The molecule has 0 aliphatic carbocycles. The second kappa shape index (κ2) is 7.58. The van der Waals surface area contributed by atoms with Crippen LogP contribution in [0, 0.1) is 12.7 Å². The van der Waals surface area contributed by atoms with E-state index in [4.69, 9.17) is 9.73 Å². The lowest BCUT2D eigenvalue weighted by atomic mass is 9.99. The summed E-state index contributed by atoms with van der Waals surface area (Å²) in [5, 5.41) is 3.00. The Bertz CT molecular complexity index is 1160. The summed E-state index contributed by atoms with van der Waals surface area (Å²) in [6.07, 6.45) is 3.75. The van der Waals surface area contributed by atoms with Crippen LogP contribution in [-0.2, 0) is 22.5 Å². The highest BCUT2D eigenvalue weighted by molar-refractivity contribution is 5.87. The minimum atomic E-state index is -0.289. The van der Waals surface area contributed by atoms with Crippen molar-refractivity contribution in [2.24, 2.45) is 4.99 Å². The van der Waals surface area contributed by atoms with Crippen LogP contribution in [-0.4, -0.2) is 23.2 Å². The first-order valence-corrected chi connectivity index (χ1v) is 9.62. The van der Waals surface area contributed by atoms with Crippen LogP contribution in [0.4, 0.5) is 4.39 Å². The third-order valence-corrected chi connectivity index (χ3v) is 5.32. The third kappa shape index (κ3) is 3.44. The van der Waals surface area contributed by atoms with Crippen molar-refractivity contribution < 1.29 is 13.9 Å². The SMILES string of the molecule is CCOC(=O)Cn1c(C)c(CC2CC=c3ccccc3=N2)c2cc(F)ccc21. The highest BCUT2D eigenvalue weighted by Gasteiger charge is 2.20. The molecule has 0 saturated heterocycles. The number of esters is 1. The third-order valence-electron chi connectivity index (χ3n) is 5.32. The van der Waals surface area contributed by atoms with Gasteiger partial charge in [0, 0.05) is 16.6 Å². The van der Waals surface area contributed by atoms with Gasteiger partial charge in [-0.25, -0.2) is 4.39 Å². The van der Waals surface area contributed by atoms with E-state index in [0.717, 1.165) is 39.2 Å². The lowest BCUT2D eigenvalue weighted by Gasteiger charge is -2.14. The minimum Gasteiger partial charge on any atom is -0.465 e. The largest absolute Gasteiger partial charge is 0.465 e. The number of benzene rings is 2. The van der Waals surface area contributed by atoms with Gasteiger partial charge >= 0.3 is 5.97 Å². The van der Waals surface area contributed by atoms with Crippen LogP contribution < -0.4 is 10.6 Å². The molecular weight excluding hydrogens is 355 g/mol. The fourth-order valence-corrected chi connectivity index (χ4v) is 3.98. The first-order valence-electron chi connectivity index (χ1n) is 9.62.